The SMILES string of the molecule is Cc1cc(Nc2ncc(C#N)cc2C)n[nH]1. The van der Waals surface area contributed by atoms with E-state index < -0.39 is 0 Å². The van der Waals surface area contributed by atoms with Crippen LogP contribution in [0.3, 0.4) is 0 Å². The number of nitriles is 1. The number of rotatable bonds is 2. The van der Waals surface area contributed by atoms with Crippen LogP contribution in [0.5, 0.6) is 0 Å². The molecule has 0 atom stereocenters. The molecule has 0 radical (unpaired) electrons. The summed E-state index contributed by atoms with van der Waals surface area (Å²) >= 11 is 0. The van der Waals surface area contributed by atoms with Crippen LogP contribution in [0.25, 0.3) is 0 Å². The highest BCUT2D eigenvalue weighted by molar-refractivity contribution is 5.56. The summed E-state index contributed by atoms with van der Waals surface area (Å²) in [7, 11) is 0. The number of nitrogens with one attached hydrogen (secondary N) is 2. The third kappa shape index (κ3) is 2.01. The molecule has 2 N–H and O–H groups in total. The summed E-state index contributed by atoms with van der Waals surface area (Å²) in [5.41, 5.74) is 2.45. The fourth-order valence-electron chi connectivity index (χ4n) is 1.37. The molecule has 0 unspecified atom stereocenters. The molecule has 5 nitrogen and oxygen atoms in total. The molecule has 0 spiro atoms. The van der Waals surface area contributed by atoms with Gasteiger partial charge in [-0.3, -0.25) is 5.10 Å². The Bertz CT molecular complexity index is 550. The zero-order chi connectivity index (χ0) is 11.5. The van der Waals surface area contributed by atoms with Gasteiger partial charge in [-0.1, -0.05) is 0 Å². The van der Waals surface area contributed by atoms with E-state index in [0.29, 0.717) is 11.4 Å². The molecule has 0 bridgehead atoms. The number of hydrogen-bond acceptors (Lipinski definition) is 4. The lowest BCUT2D eigenvalue weighted by Crippen LogP contribution is -1.97. The average molecular weight is 213 g/mol. The van der Waals surface area contributed by atoms with Gasteiger partial charge in [-0.15, -0.1) is 0 Å². The summed E-state index contributed by atoms with van der Waals surface area (Å²) in [6.45, 7) is 3.83. The van der Waals surface area contributed by atoms with E-state index in [9.17, 15) is 0 Å². The highest BCUT2D eigenvalue weighted by Gasteiger charge is 2.03. The summed E-state index contributed by atoms with van der Waals surface area (Å²) in [5, 5.41) is 18.7. The Labute approximate surface area is 93.1 Å². The molecule has 0 saturated heterocycles. The number of anilines is 2. The molecule has 2 rings (SSSR count). The van der Waals surface area contributed by atoms with E-state index in [-0.39, 0.29) is 0 Å². The minimum absolute atomic E-state index is 0.557. The number of aromatic nitrogens is 3. The molecule has 0 amide bonds. The van der Waals surface area contributed by atoms with Crippen LogP contribution < -0.4 is 5.32 Å². The van der Waals surface area contributed by atoms with E-state index in [1.54, 1.807) is 6.07 Å². The third-order valence-corrected chi connectivity index (χ3v) is 2.16. The lowest BCUT2D eigenvalue weighted by atomic mass is 10.2. The second kappa shape index (κ2) is 4.03. The number of aryl methyl sites for hydroxylation is 2. The Morgan fingerprint density at radius 2 is 2.19 bits per heavy atom. The van der Waals surface area contributed by atoms with Gasteiger partial charge in [0.15, 0.2) is 5.82 Å². The van der Waals surface area contributed by atoms with Crippen molar-refractivity contribution < 1.29 is 0 Å². The van der Waals surface area contributed by atoms with Crippen LogP contribution in [0, 0.1) is 25.2 Å². The second-order valence-corrected chi connectivity index (χ2v) is 3.56. The van der Waals surface area contributed by atoms with Crippen molar-refractivity contribution in [2.24, 2.45) is 0 Å². The number of aromatic amines is 1. The van der Waals surface area contributed by atoms with Crippen molar-refractivity contribution in [1.29, 1.82) is 5.26 Å². The first-order valence-corrected chi connectivity index (χ1v) is 4.85. The number of nitrogens with zero attached hydrogens (tertiary/aromatic N) is 3. The van der Waals surface area contributed by atoms with E-state index in [4.69, 9.17) is 5.26 Å². The minimum Gasteiger partial charge on any atom is -0.323 e. The van der Waals surface area contributed by atoms with Gasteiger partial charge in [-0.05, 0) is 25.5 Å². The Morgan fingerprint density at radius 3 is 2.75 bits per heavy atom. The van der Waals surface area contributed by atoms with Crippen LogP contribution in [0.4, 0.5) is 11.6 Å². The van der Waals surface area contributed by atoms with Gasteiger partial charge < -0.3 is 5.32 Å². The van der Waals surface area contributed by atoms with Crippen molar-refractivity contribution in [2.75, 3.05) is 5.32 Å². The van der Waals surface area contributed by atoms with Crippen molar-refractivity contribution >= 4 is 11.6 Å². The maximum atomic E-state index is 8.72. The Balaban J connectivity index is 2.26. The quantitative estimate of drug-likeness (QED) is 0.800. The Kier molecular flexibility index (Phi) is 2.56. The van der Waals surface area contributed by atoms with Gasteiger partial charge in [0.1, 0.15) is 11.9 Å². The minimum atomic E-state index is 0.557. The lowest BCUT2D eigenvalue weighted by molar-refractivity contribution is 1.05. The number of pyridine rings is 1. The van der Waals surface area contributed by atoms with Gasteiger partial charge in [-0.25, -0.2) is 4.98 Å². The van der Waals surface area contributed by atoms with Gasteiger partial charge in [0, 0.05) is 18.0 Å². The summed E-state index contributed by atoms with van der Waals surface area (Å²) in [5.74, 6) is 1.43. The first-order valence-electron chi connectivity index (χ1n) is 4.85. The summed E-state index contributed by atoms with van der Waals surface area (Å²) < 4.78 is 0. The number of hydrogen-bond donors (Lipinski definition) is 2. The first kappa shape index (κ1) is 10.2. The maximum absolute atomic E-state index is 8.72. The van der Waals surface area contributed by atoms with Gasteiger partial charge in [0.05, 0.1) is 5.56 Å². The molecule has 2 aromatic rings. The number of H-pyrrole nitrogens is 1. The molecule has 16 heavy (non-hydrogen) atoms. The van der Waals surface area contributed by atoms with Gasteiger partial charge >= 0.3 is 0 Å². The summed E-state index contributed by atoms with van der Waals surface area (Å²) in [6, 6.07) is 5.73. The predicted molar refractivity (Wildman–Crippen MR) is 60.3 cm³/mol. The third-order valence-electron chi connectivity index (χ3n) is 2.16. The van der Waals surface area contributed by atoms with E-state index in [2.05, 4.69) is 26.6 Å². The molecular weight excluding hydrogens is 202 g/mol. The average Bonchev–Trinajstić information content (AvgIpc) is 2.67. The van der Waals surface area contributed by atoms with Crippen LogP contribution in [-0.2, 0) is 0 Å². The first-order chi connectivity index (χ1) is 7.69. The molecule has 80 valence electrons. The lowest BCUT2D eigenvalue weighted by Gasteiger charge is -2.05. The molecule has 0 aliphatic carbocycles. The smallest absolute Gasteiger partial charge is 0.153 e. The zero-order valence-electron chi connectivity index (χ0n) is 9.07. The fraction of sp³-hybridized carbons (Fsp3) is 0.182. The largest absolute Gasteiger partial charge is 0.323 e. The van der Waals surface area contributed by atoms with Crippen molar-refractivity contribution in [3.63, 3.8) is 0 Å². The van der Waals surface area contributed by atoms with Gasteiger partial charge in [0.25, 0.3) is 0 Å². The maximum Gasteiger partial charge on any atom is 0.153 e. The van der Waals surface area contributed by atoms with Gasteiger partial charge in [0.2, 0.25) is 0 Å². The standard InChI is InChI=1S/C11H11N5/c1-7-3-9(5-12)6-13-11(7)14-10-4-8(2)15-16-10/h3-4,6H,1-2H3,(H2,13,14,15,16). The monoisotopic (exact) mass is 213 g/mol. The van der Waals surface area contributed by atoms with E-state index >= 15 is 0 Å². The van der Waals surface area contributed by atoms with Crippen LogP contribution in [0.2, 0.25) is 0 Å². The molecule has 0 aliphatic heterocycles. The molecule has 5 heteroatoms. The molecular formula is C11H11N5. The zero-order valence-corrected chi connectivity index (χ0v) is 9.07. The predicted octanol–water partition coefficient (Wildman–Crippen LogP) is 2.04. The van der Waals surface area contributed by atoms with E-state index in [0.717, 1.165) is 17.1 Å². The molecule has 0 saturated carbocycles. The van der Waals surface area contributed by atoms with Crippen LogP contribution in [-0.4, -0.2) is 15.2 Å². The van der Waals surface area contributed by atoms with Crippen molar-refractivity contribution in [1.82, 2.24) is 15.2 Å². The Morgan fingerprint density at radius 1 is 1.38 bits per heavy atom. The second-order valence-electron chi connectivity index (χ2n) is 3.56. The van der Waals surface area contributed by atoms with E-state index in [1.807, 2.05) is 19.9 Å². The normalized spacial score (nSPS) is 9.81. The summed E-state index contributed by atoms with van der Waals surface area (Å²) in [6.07, 6.45) is 1.54. The summed E-state index contributed by atoms with van der Waals surface area (Å²) in [4.78, 5) is 4.17. The molecule has 2 aromatic heterocycles. The van der Waals surface area contributed by atoms with Crippen LogP contribution in [0.1, 0.15) is 16.8 Å². The van der Waals surface area contributed by atoms with Crippen molar-refractivity contribution in [3.05, 3.63) is 35.2 Å². The molecule has 2 heterocycles. The highest BCUT2D eigenvalue weighted by atomic mass is 15.2. The van der Waals surface area contributed by atoms with Crippen LogP contribution >= 0.6 is 0 Å². The topological polar surface area (TPSA) is 77.4 Å². The van der Waals surface area contributed by atoms with Crippen molar-refractivity contribution in [3.8, 4) is 6.07 Å². The fourth-order valence-corrected chi connectivity index (χ4v) is 1.37. The Hall–Kier alpha value is -2.35. The van der Waals surface area contributed by atoms with Crippen LogP contribution in [0.15, 0.2) is 18.3 Å². The molecule has 0 fully saturated rings. The van der Waals surface area contributed by atoms with Crippen molar-refractivity contribution in [2.45, 2.75) is 13.8 Å². The molecule has 0 aliphatic rings. The van der Waals surface area contributed by atoms with Gasteiger partial charge in [-0.2, -0.15) is 10.4 Å². The molecule has 0 aromatic carbocycles. The van der Waals surface area contributed by atoms with E-state index in [1.165, 1.54) is 6.20 Å². The highest BCUT2D eigenvalue weighted by Crippen LogP contribution is 2.17.